The maximum Gasteiger partial charge on any atom is 0.416 e. The molecule has 1 saturated carbocycles. The molecule has 0 unspecified atom stereocenters. The molecule has 2 aromatic carbocycles. The van der Waals surface area contributed by atoms with Gasteiger partial charge in [0.05, 0.1) is 11.6 Å². The van der Waals surface area contributed by atoms with Crippen molar-refractivity contribution in [2.75, 3.05) is 20.1 Å². The lowest BCUT2D eigenvalue weighted by atomic mass is 9.86. The van der Waals surface area contributed by atoms with Crippen LogP contribution in [0.5, 0.6) is 0 Å². The molecule has 0 aromatic heterocycles. The number of hydrogen-bond acceptors (Lipinski definition) is 2. The van der Waals surface area contributed by atoms with E-state index in [9.17, 15) is 26.7 Å². The number of hydrogen-bond donors (Lipinski definition) is 1. The van der Waals surface area contributed by atoms with Crippen molar-refractivity contribution >= 4 is 6.03 Å². The predicted octanol–water partition coefficient (Wildman–Crippen LogP) is 7.59. The zero-order valence-corrected chi connectivity index (χ0v) is 22.0. The largest absolute Gasteiger partial charge is 0.416 e. The smallest absolute Gasteiger partial charge is 0.389 e. The molecule has 1 aliphatic carbocycles. The minimum atomic E-state index is -4.70. The first-order valence-corrected chi connectivity index (χ1v) is 13.0. The third-order valence-corrected chi connectivity index (χ3v) is 7.20. The lowest BCUT2D eigenvalue weighted by molar-refractivity contribution is -0.137. The molecule has 0 spiro atoms. The normalized spacial score (nSPS) is 15.1. The minimum absolute atomic E-state index is 0.0409. The summed E-state index contributed by atoms with van der Waals surface area (Å²) < 4.78 is 67.6. The Morgan fingerprint density at radius 3 is 2.45 bits per heavy atom. The monoisotopic (exact) mass is 537 g/mol. The van der Waals surface area contributed by atoms with Crippen molar-refractivity contribution in [3.8, 4) is 0 Å². The first-order chi connectivity index (χ1) is 18.0. The Labute approximate surface area is 221 Å². The molecule has 4 nitrogen and oxygen atoms in total. The van der Waals surface area contributed by atoms with Crippen LogP contribution >= 0.6 is 0 Å². The Morgan fingerprint density at radius 2 is 1.82 bits per heavy atom. The summed E-state index contributed by atoms with van der Waals surface area (Å²) in [5, 5.41) is 3.07. The van der Waals surface area contributed by atoms with Gasteiger partial charge in [0.15, 0.2) is 0 Å². The van der Waals surface area contributed by atoms with Crippen LogP contribution in [0, 0.1) is 24.5 Å². The lowest BCUT2D eigenvalue weighted by Gasteiger charge is -2.37. The minimum Gasteiger partial charge on any atom is -0.389 e. The highest BCUT2D eigenvalue weighted by Gasteiger charge is 2.33. The molecule has 1 fully saturated rings. The second-order valence-corrected chi connectivity index (χ2v) is 10.1. The zero-order chi connectivity index (χ0) is 27.9. The topological polar surface area (TPSA) is 35.6 Å². The molecule has 0 radical (unpaired) electrons. The zero-order valence-electron chi connectivity index (χ0n) is 22.0. The highest BCUT2D eigenvalue weighted by Crippen LogP contribution is 2.32. The fourth-order valence-corrected chi connectivity index (χ4v) is 5.24. The molecule has 0 bridgehead atoms. The van der Waals surface area contributed by atoms with E-state index in [1.54, 1.807) is 17.9 Å². The standard InChI is InChI=1S/C29H36F5N3O/c1-4-35-18-27(26-11-10-24(30)14-20(26)2)37(13-12-21-8-6-5-7-9-21)28(38)36(3)19-22-15-23(29(32,33)34)17-25(31)16-22/h4,10-11,14-17,21,27,35H,1,5-9,12-13,18-19H2,2-3H3/t27-/m1/s1. The van der Waals surface area contributed by atoms with Crippen LogP contribution in [-0.2, 0) is 12.7 Å². The van der Waals surface area contributed by atoms with Gasteiger partial charge in [0.2, 0.25) is 0 Å². The van der Waals surface area contributed by atoms with Crippen LogP contribution in [0.1, 0.15) is 66.8 Å². The van der Waals surface area contributed by atoms with Crippen LogP contribution in [0.15, 0.2) is 49.2 Å². The number of amides is 2. The molecule has 0 heterocycles. The number of nitrogens with zero attached hydrogens (tertiary/aromatic N) is 2. The van der Waals surface area contributed by atoms with E-state index in [1.165, 1.54) is 36.7 Å². The van der Waals surface area contributed by atoms with Crippen molar-refractivity contribution in [1.82, 2.24) is 15.1 Å². The van der Waals surface area contributed by atoms with Gasteiger partial charge in [-0.05, 0) is 72.5 Å². The summed E-state index contributed by atoms with van der Waals surface area (Å²) >= 11 is 0. The quantitative estimate of drug-likeness (QED) is 0.317. The summed E-state index contributed by atoms with van der Waals surface area (Å²) in [5.74, 6) is -0.922. The summed E-state index contributed by atoms with van der Waals surface area (Å²) in [5.41, 5.74) is 0.381. The van der Waals surface area contributed by atoms with Gasteiger partial charge in [0.1, 0.15) is 11.6 Å². The number of nitrogens with one attached hydrogen (secondary N) is 1. The average Bonchev–Trinajstić information content (AvgIpc) is 2.86. The Balaban J connectivity index is 1.91. The summed E-state index contributed by atoms with van der Waals surface area (Å²) in [6.45, 7) is 6.01. The van der Waals surface area contributed by atoms with E-state index in [4.69, 9.17) is 0 Å². The number of alkyl halides is 3. The van der Waals surface area contributed by atoms with Crippen molar-refractivity contribution in [2.24, 2.45) is 5.92 Å². The second kappa shape index (κ2) is 13.1. The van der Waals surface area contributed by atoms with Crippen molar-refractivity contribution in [3.63, 3.8) is 0 Å². The molecule has 208 valence electrons. The third kappa shape index (κ3) is 7.95. The van der Waals surface area contributed by atoms with Crippen LogP contribution in [0.4, 0.5) is 26.7 Å². The highest BCUT2D eigenvalue weighted by molar-refractivity contribution is 5.75. The first kappa shape index (κ1) is 29.5. The highest BCUT2D eigenvalue weighted by atomic mass is 19.4. The third-order valence-electron chi connectivity index (χ3n) is 7.20. The lowest BCUT2D eigenvalue weighted by Crippen LogP contribution is -2.46. The Hall–Kier alpha value is -3.10. The SMILES string of the molecule is C=CNC[C@H](c1ccc(F)cc1C)N(CCC1CCCCC1)C(=O)N(C)Cc1cc(F)cc(C(F)(F)F)c1. The van der Waals surface area contributed by atoms with Crippen molar-refractivity contribution < 1.29 is 26.7 Å². The first-order valence-electron chi connectivity index (χ1n) is 13.0. The van der Waals surface area contributed by atoms with Crippen molar-refractivity contribution in [2.45, 2.75) is 64.2 Å². The summed E-state index contributed by atoms with van der Waals surface area (Å²) in [6.07, 6.45) is 3.28. The Kier molecular flexibility index (Phi) is 10.2. The molecule has 1 N–H and O–H groups in total. The van der Waals surface area contributed by atoms with E-state index in [-0.39, 0.29) is 17.9 Å². The van der Waals surface area contributed by atoms with Crippen molar-refractivity contribution in [3.05, 3.63) is 83.1 Å². The van der Waals surface area contributed by atoms with Gasteiger partial charge in [-0.15, -0.1) is 0 Å². The molecule has 9 heteroatoms. The summed E-state index contributed by atoms with van der Waals surface area (Å²) in [6, 6.07) is 5.84. The van der Waals surface area contributed by atoms with E-state index >= 15 is 0 Å². The van der Waals surface area contributed by atoms with Gasteiger partial charge >= 0.3 is 12.2 Å². The number of aryl methyl sites for hydroxylation is 1. The number of benzene rings is 2. The molecule has 1 atom stereocenters. The van der Waals surface area contributed by atoms with Gasteiger partial charge in [-0.25, -0.2) is 13.6 Å². The van der Waals surface area contributed by atoms with Gasteiger partial charge in [-0.3, -0.25) is 0 Å². The van der Waals surface area contributed by atoms with Crippen LogP contribution < -0.4 is 5.32 Å². The second-order valence-electron chi connectivity index (χ2n) is 10.1. The molecule has 0 saturated heterocycles. The maximum atomic E-state index is 14.0. The number of carbonyl (C=O) groups is 1. The average molecular weight is 538 g/mol. The fraction of sp³-hybridized carbons (Fsp3) is 0.483. The van der Waals surface area contributed by atoms with Gasteiger partial charge in [0.25, 0.3) is 0 Å². The molecular weight excluding hydrogens is 501 g/mol. The van der Waals surface area contributed by atoms with Gasteiger partial charge < -0.3 is 15.1 Å². The van der Waals surface area contributed by atoms with Crippen LogP contribution in [0.2, 0.25) is 0 Å². The maximum absolute atomic E-state index is 14.0. The van der Waals surface area contributed by atoms with Gasteiger partial charge in [-0.2, -0.15) is 13.2 Å². The summed E-state index contributed by atoms with van der Waals surface area (Å²) in [7, 11) is 1.49. The molecule has 2 aromatic rings. The molecule has 2 amide bonds. The molecule has 1 aliphatic rings. The number of urea groups is 1. The van der Waals surface area contributed by atoms with Crippen LogP contribution in [0.3, 0.4) is 0 Å². The number of rotatable bonds is 10. The molecule has 38 heavy (non-hydrogen) atoms. The molecule has 3 rings (SSSR count). The Morgan fingerprint density at radius 1 is 1.11 bits per heavy atom. The van der Waals surface area contributed by atoms with E-state index in [0.29, 0.717) is 30.6 Å². The molecule has 0 aliphatic heterocycles. The van der Waals surface area contributed by atoms with Crippen LogP contribution in [0.25, 0.3) is 0 Å². The predicted molar refractivity (Wildman–Crippen MR) is 138 cm³/mol. The van der Waals surface area contributed by atoms with E-state index in [1.807, 2.05) is 0 Å². The fourth-order valence-electron chi connectivity index (χ4n) is 5.24. The van der Waals surface area contributed by atoms with E-state index < -0.39 is 29.6 Å². The van der Waals surface area contributed by atoms with Gasteiger partial charge in [0, 0.05) is 26.7 Å². The molecular formula is C29H36F5N3O. The van der Waals surface area contributed by atoms with E-state index in [0.717, 1.165) is 49.8 Å². The van der Waals surface area contributed by atoms with E-state index in [2.05, 4.69) is 11.9 Å². The number of carbonyl (C=O) groups excluding carboxylic acids is 1. The number of halogens is 5. The van der Waals surface area contributed by atoms with Crippen molar-refractivity contribution in [1.29, 1.82) is 0 Å². The summed E-state index contributed by atoms with van der Waals surface area (Å²) in [4.78, 5) is 16.8. The van der Waals surface area contributed by atoms with Gasteiger partial charge in [-0.1, -0.05) is 44.7 Å². The van der Waals surface area contributed by atoms with Crippen LogP contribution in [-0.4, -0.2) is 36.0 Å². The Bertz CT molecular complexity index is 1100.